The van der Waals surface area contributed by atoms with Gasteiger partial charge in [0.1, 0.15) is 85.0 Å². The zero-order valence-electron chi connectivity index (χ0n) is 38.2. The quantitative estimate of drug-likeness (QED) is 0.0563. The van der Waals surface area contributed by atoms with E-state index >= 15 is 0 Å². The Balaban J connectivity index is 1.09. The summed E-state index contributed by atoms with van der Waals surface area (Å²) in [4.78, 5) is 27.3. The van der Waals surface area contributed by atoms with Crippen molar-refractivity contribution in [2.75, 3.05) is 26.3 Å². The highest BCUT2D eigenvalue weighted by atomic mass is 16.8. The van der Waals surface area contributed by atoms with Crippen LogP contribution in [0.1, 0.15) is 72.4 Å². The topological polar surface area (TPSA) is 244 Å². The summed E-state index contributed by atoms with van der Waals surface area (Å²) in [6, 6.07) is 28.4. The Kier molecular flexibility index (Phi) is 18.8. The average Bonchev–Trinajstić information content (AvgIpc) is 3.33. The van der Waals surface area contributed by atoms with Gasteiger partial charge < -0.3 is 74.4 Å². The molecule has 2 heterocycles. The minimum Gasteiger partial charge on any atom is -0.493 e. The Hall–Kier alpha value is -5.34. The second kappa shape index (κ2) is 24.6. The molecule has 0 spiro atoms. The van der Waals surface area contributed by atoms with Crippen LogP contribution in [0.3, 0.4) is 0 Å². The molecule has 2 fully saturated rings. The molecule has 4 aromatic rings. The molecule has 0 radical (unpaired) electrons. The molecule has 4 aromatic carbocycles. The number of rotatable bonds is 22. The monoisotopic (exact) mass is 932 g/mol. The van der Waals surface area contributed by atoms with Crippen molar-refractivity contribution in [2.24, 2.45) is 11.8 Å². The highest BCUT2D eigenvalue weighted by Gasteiger charge is 2.50. The third kappa shape index (κ3) is 14.1. The van der Waals surface area contributed by atoms with Gasteiger partial charge in [-0.2, -0.15) is 0 Å². The Morgan fingerprint density at radius 1 is 0.582 bits per heavy atom. The van der Waals surface area contributed by atoms with Gasteiger partial charge in [-0.15, -0.1) is 0 Å². The average molecular weight is 933 g/mol. The van der Waals surface area contributed by atoms with Gasteiger partial charge in [0.2, 0.25) is 0 Å². The maximum absolute atomic E-state index is 13.7. The molecule has 364 valence electrons. The van der Waals surface area contributed by atoms with Crippen molar-refractivity contribution >= 4 is 11.8 Å². The summed E-state index contributed by atoms with van der Waals surface area (Å²) in [5, 5.41) is 70.8. The van der Waals surface area contributed by atoms with E-state index in [-0.39, 0.29) is 48.9 Å². The smallest absolute Gasteiger partial charge is 0.255 e. The highest BCUT2D eigenvalue weighted by molar-refractivity contribution is 5.97. The van der Waals surface area contributed by atoms with Crippen molar-refractivity contribution in [1.82, 2.24) is 10.6 Å². The first-order valence-corrected chi connectivity index (χ1v) is 22.7. The van der Waals surface area contributed by atoms with Crippen LogP contribution in [0.15, 0.2) is 97.1 Å². The van der Waals surface area contributed by atoms with Gasteiger partial charge in [-0.1, -0.05) is 88.4 Å². The summed E-state index contributed by atoms with van der Waals surface area (Å²) in [6.45, 7) is 8.81. The summed E-state index contributed by atoms with van der Waals surface area (Å²) in [5.74, 6) is 1.04. The molecule has 2 saturated heterocycles. The van der Waals surface area contributed by atoms with Gasteiger partial charge in [-0.05, 0) is 60.1 Å². The summed E-state index contributed by atoms with van der Waals surface area (Å²) in [6.07, 6.45) is -15.5. The fourth-order valence-electron chi connectivity index (χ4n) is 7.71. The van der Waals surface area contributed by atoms with E-state index in [4.69, 9.17) is 33.2 Å². The van der Waals surface area contributed by atoms with Crippen LogP contribution >= 0.6 is 0 Å². The molecular formula is C50H64N2O15. The van der Waals surface area contributed by atoms with Crippen molar-refractivity contribution < 1.29 is 73.4 Å². The Morgan fingerprint density at radius 2 is 1.03 bits per heavy atom. The van der Waals surface area contributed by atoms with Gasteiger partial charge in [-0.25, -0.2) is 0 Å². The van der Waals surface area contributed by atoms with Crippen LogP contribution in [-0.4, -0.2) is 130 Å². The molecule has 8 N–H and O–H groups in total. The standard InChI is InChI=1S/C50H64N2O15/c1-5-20-61-33-16-18-35(37(22-33)63-27-31-12-8-6-9-13-31)47(59)51-24-39-41(53)43(55)45(57)49(65-39)67-50-46(58)44(56)42(54)40(66-50)25-52-48(60)36-19-17-34(62-26-30(4)21-29(2)3)23-38(36)64-28-32-14-10-7-11-15-32/h6-19,22-23,29-30,39-46,49-50,53-58H,5,20-21,24-28H2,1-4H3,(H,51,59)(H,52,60)/t30?,39-,40-,41-,42-,43+,44+,45-,46-,49-,50-/m1/s1. The van der Waals surface area contributed by atoms with Crippen molar-refractivity contribution in [3.63, 3.8) is 0 Å². The third-order valence-corrected chi connectivity index (χ3v) is 11.3. The van der Waals surface area contributed by atoms with Crippen molar-refractivity contribution in [1.29, 1.82) is 0 Å². The lowest BCUT2D eigenvalue weighted by Gasteiger charge is -2.45. The molecule has 17 nitrogen and oxygen atoms in total. The maximum Gasteiger partial charge on any atom is 0.255 e. The lowest BCUT2D eigenvalue weighted by molar-refractivity contribution is -0.372. The number of amides is 2. The molecule has 67 heavy (non-hydrogen) atoms. The number of aliphatic hydroxyl groups is 6. The summed E-state index contributed by atoms with van der Waals surface area (Å²) >= 11 is 0. The molecular weight excluding hydrogens is 869 g/mol. The van der Waals surface area contributed by atoms with Crippen LogP contribution in [0.5, 0.6) is 23.0 Å². The second-order valence-corrected chi connectivity index (χ2v) is 17.3. The van der Waals surface area contributed by atoms with Gasteiger partial charge in [0.25, 0.3) is 11.8 Å². The molecule has 11 atom stereocenters. The summed E-state index contributed by atoms with van der Waals surface area (Å²) in [5.41, 5.74) is 2.03. The molecule has 0 aliphatic carbocycles. The van der Waals surface area contributed by atoms with Gasteiger partial charge >= 0.3 is 0 Å². The molecule has 2 aliphatic heterocycles. The van der Waals surface area contributed by atoms with Gasteiger partial charge in [0.05, 0.1) is 24.3 Å². The van der Waals surface area contributed by atoms with E-state index in [9.17, 15) is 40.2 Å². The Morgan fingerprint density at radius 3 is 1.46 bits per heavy atom. The minimum atomic E-state index is -1.90. The maximum atomic E-state index is 13.7. The molecule has 17 heteroatoms. The number of hydrogen-bond acceptors (Lipinski definition) is 15. The minimum absolute atomic E-state index is 0.145. The van der Waals surface area contributed by atoms with Gasteiger partial charge in [0.15, 0.2) is 12.6 Å². The van der Waals surface area contributed by atoms with Gasteiger partial charge in [0, 0.05) is 25.2 Å². The predicted molar refractivity (Wildman–Crippen MR) is 243 cm³/mol. The van der Waals surface area contributed by atoms with Crippen LogP contribution in [0.4, 0.5) is 0 Å². The third-order valence-electron chi connectivity index (χ3n) is 11.3. The molecule has 0 saturated carbocycles. The van der Waals surface area contributed by atoms with E-state index in [0.717, 1.165) is 24.0 Å². The molecule has 6 rings (SSSR count). The lowest BCUT2D eigenvalue weighted by atomic mass is 9.97. The number of nitrogens with one attached hydrogen (secondary N) is 2. The zero-order valence-corrected chi connectivity index (χ0v) is 38.2. The molecule has 2 amide bonds. The van der Waals surface area contributed by atoms with E-state index < -0.39 is 73.2 Å². The van der Waals surface area contributed by atoms with Gasteiger partial charge in [-0.3, -0.25) is 9.59 Å². The predicted octanol–water partition coefficient (Wildman–Crippen LogP) is 3.49. The van der Waals surface area contributed by atoms with Crippen LogP contribution in [-0.2, 0) is 27.4 Å². The number of ether oxygens (including phenoxy) is 7. The first kappa shape index (κ1) is 51.1. The molecule has 0 aromatic heterocycles. The van der Waals surface area contributed by atoms with E-state index in [2.05, 4.69) is 31.4 Å². The first-order chi connectivity index (χ1) is 32.2. The molecule has 2 aliphatic rings. The lowest BCUT2D eigenvalue weighted by Crippen LogP contribution is -2.64. The number of hydrogen-bond donors (Lipinski definition) is 8. The zero-order chi connectivity index (χ0) is 48.0. The normalized spacial score (nSPS) is 25.5. The summed E-state index contributed by atoms with van der Waals surface area (Å²) < 4.78 is 41.4. The number of aliphatic hydroxyl groups excluding tert-OH is 6. The van der Waals surface area contributed by atoms with E-state index in [1.54, 1.807) is 30.3 Å². The number of carbonyl (C=O) groups is 2. The highest BCUT2D eigenvalue weighted by Crippen LogP contribution is 2.31. The van der Waals surface area contributed by atoms with Crippen LogP contribution in [0.2, 0.25) is 0 Å². The Bertz CT molecular complexity index is 2160. The van der Waals surface area contributed by atoms with E-state index in [1.807, 2.05) is 67.6 Å². The number of benzene rings is 4. The SMILES string of the molecule is CCCOc1ccc(C(=O)NC[C@H]2O[C@H](O[C@H]3O[C@H](CNC(=O)c4ccc(OCC(C)CC(C)C)cc4OCc4ccccc4)[C@@H](O)[C@H](O)[C@H]3O)[C@H](O)[C@@H](O)[C@@H]2O)c(OCc2ccccc2)c1. The van der Waals surface area contributed by atoms with Crippen LogP contribution in [0.25, 0.3) is 0 Å². The van der Waals surface area contributed by atoms with Crippen LogP contribution < -0.4 is 29.6 Å². The molecule has 1 unspecified atom stereocenters. The largest absolute Gasteiger partial charge is 0.493 e. The van der Waals surface area contributed by atoms with Crippen molar-refractivity contribution in [3.8, 4) is 23.0 Å². The van der Waals surface area contributed by atoms with E-state index in [1.165, 1.54) is 6.07 Å². The Labute approximate surface area is 390 Å². The first-order valence-electron chi connectivity index (χ1n) is 22.7. The summed E-state index contributed by atoms with van der Waals surface area (Å²) in [7, 11) is 0. The molecule has 0 bridgehead atoms. The fraction of sp³-hybridized carbons (Fsp3) is 0.480. The number of carbonyl (C=O) groups excluding carboxylic acids is 2. The van der Waals surface area contributed by atoms with Crippen LogP contribution in [0, 0.1) is 11.8 Å². The van der Waals surface area contributed by atoms with E-state index in [0.29, 0.717) is 36.5 Å². The van der Waals surface area contributed by atoms with Crippen molar-refractivity contribution in [3.05, 3.63) is 119 Å². The second-order valence-electron chi connectivity index (χ2n) is 17.3. The van der Waals surface area contributed by atoms with Crippen molar-refractivity contribution in [2.45, 2.75) is 115 Å². The fourth-order valence-corrected chi connectivity index (χ4v) is 7.71.